The molecule has 1 aliphatic rings. The predicted octanol–water partition coefficient (Wildman–Crippen LogP) is 4.66. The zero-order chi connectivity index (χ0) is 24.3. The average molecular weight is 498 g/mol. The molecule has 0 bridgehead atoms. The Hall–Kier alpha value is -1.99. The second-order valence-electron chi connectivity index (χ2n) is 9.45. The smallest absolute Gasteiger partial charge is 0.252 e. The fraction of sp³-hybridized carbons (Fsp3) is 0.692. The Kier molecular flexibility index (Phi) is 13.3. The number of likely N-dealkylation sites (N-methyl/N-ethyl adjacent to an activating group) is 1. The number of aromatic hydroxyl groups is 1. The van der Waals surface area contributed by atoms with Gasteiger partial charge in [0.05, 0.1) is 6.61 Å². The molecule has 194 valence electrons. The molecule has 1 unspecified atom stereocenters. The summed E-state index contributed by atoms with van der Waals surface area (Å²) in [6.07, 6.45) is 10.1. The van der Waals surface area contributed by atoms with Crippen LogP contribution in [0.15, 0.2) is 18.2 Å². The molecule has 7 nitrogen and oxygen atoms in total. The molecule has 0 aliphatic heterocycles. The quantitative estimate of drug-likeness (QED) is 0.325. The molecule has 1 aromatic rings. The highest BCUT2D eigenvalue weighted by Crippen LogP contribution is 2.33. The summed E-state index contributed by atoms with van der Waals surface area (Å²) in [5.74, 6) is -0.230. The molecule has 2 rings (SSSR count). The maximum atomic E-state index is 12.9. The van der Waals surface area contributed by atoms with Crippen molar-refractivity contribution in [2.75, 3.05) is 27.2 Å². The summed E-state index contributed by atoms with van der Waals surface area (Å²) in [5.41, 5.74) is 0.300. The van der Waals surface area contributed by atoms with Gasteiger partial charge in [-0.15, -0.1) is 12.4 Å². The normalized spacial score (nSPS) is 15.4. The number of benzene rings is 1. The number of unbranched alkanes of at least 4 members (excludes halogenated alkanes) is 3. The fourth-order valence-electron chi connectivity index (χ4n) is 4.48. The van der Waals surface area contributed by atoms with Gasteiger partial charge < -0.3 is 25.4 Å². The van der Waals surface area contributed by atoms with Crippen LogP contribution in [-0.4, -0.2) is 60.6 Å². The zero-order valence-electron chi connectivity index (χ0n) is 21.3. The van der Waals surface area contributed by atoms with Crippen LogP contribution in [0.2, 0.25) is 0 Å². The minimum Gasteiger partial charge on any atom is -0.504 e. The number of hydrogen-bond acceptors (Lipinski definition) is 5. The lowest BCUT2D eigenvalue weighted by Gasteiger charge is -2.37. The number of phenols is 1. The fourth-order valence-corrected chi connectivity index (χ4v) is 4.48. The monoisotopic (exact) mass is 497 g/mol. The number of phenolic OH excluding ortho intramolecular Hbond substituents is 1. The van der Waals surface area contributed by atoms with Crippen molar-refractivity contribution in [2.45, 2.75) is 89.6 Å². The first-order valence-electron chi connectivity index (χ1n) is 12.5. The van der Waals surface area contributed by atoms with Gasteiger partial charge >= 0.3 is 0 Å². The van der Waals surface area contributed by atoms with Crippen LogP contribution < -0.4 is 15.4 Å². The Morgan fingerprint density at radius 3 is 2.41 bits per heavy atom. The largest absolute Gasteiger partial charge is 0.504 e. The lowest BCUT2D eigenvalue weighted by atomic mass is 9.95. The highest BCUT2D eigenvalue weighted by atomic mass is 35.5. The third-order valence-corrected chi connectivity index (χ3v) is 6.75. The Bertz CT molecular complexity index is 766. The molecule has 0 aromatic heterocycles. The van der Waals surface area contributed by atoms with Crippen LogP contribution in [0.4, 0.5) is 0 Å². The summed E-state index contributed by atoms with van der Waals surface area (Å²) in [6, 6.07) is 4.02. The molecule has 0 heterocycles. The Balaban J connectivity index is 0.00000578. The van der Waals surface area contributed by atoms with E-state index in [0.717, 1.165) is 44.9 Å². The zero-order valence-corrected chi connectivity index (χ0v) is 22.1. The van der Waals surface area contributed by atoms with E-state index >= 15 is 0 Å². The van der Waals surface area contributed by atoms with Crippen LogP contribution in [0, 0.1) is 0 Å². The lowest BCUT2D eigenvalue weighted by Crippen LogP contribution is -2.54. The van der Waals surface area contributed by atoms with E-state index in [-0.39, 0.29) is 35.5 Å². The molecule has 1 fully saturated rings. The number of amides is 2. The highest BCUT2D eigenvalue weighted by Gasteiger charge is 2.36. The molecule has 2 amide bonds. The third kappa shape index (κ3) is 8.66. The second kappa shape index (κ2) is 15.1. The van der Waals surface area contributed by atoms with E-state index < -0.39 is 6.04 Å². The summed E-state index contributed by atoms with van der Waals surface area (Å²) in [5, 5.41) is 16.2. The molecule has 34 heavy (non-hydrogen) atoms. The number of ether oxygens (including phenoxy) is 1. The van der Waals surface area contributed by atoms with Crippen molar-refractivity contribution in [2.24, 2.45) is 0 Å². The van der Waals surface area contributed by atoms with E-state index in [9.17, 15) is 14.7 Å². The van der Waals surface area contributed by atoms with Gasteiger partial charge in [0.15, 0.2) is 11.5 Å². The van der Waals surface area contributed by atoms with Gasteiger partial charge in [-0.3, -0.25) is 9.59 Å². The molecule has 1 atom stereocenters. The molecular weight excluding hydrogens is 454 g/mol. The molecule has 3 N–H and O–H groups in total. The summed E-state index contributed by atoms with van der Waals surface area (Å²) < 4.78 is 5.64. The standard InChI is InChI=1S/C26H43N3O4.ClH/c1-5-7-8-11-17-33-23-14-13-20(18-22(23)30)24(31)28-21(12-6-2)25(32)27-19-26(29(3)4)15-9-10-16-26;/h13-14,18,21,30H,5-12,15-17,19H2,1-4H3,(H,27,32)(H,28,31);1H. The molecule has 1 aliphatic carbocycles. The topological polar surface area (TPSA) is 90.9 Å². The maximum absolute atomic E-state index is 12.9. The minimum atomic E-state index is -0.611. The number of hydrogen-bond donors (Lipinski definition) is 3. The van der Waals surface area contributed by atoms with Crippen LogP contribution in [0.3, 0.4) is 0 Å². The van der Waals surface area contributed by atoms with Crippen molar-refractivity contribution < 1.29 is 19.4 Å². The van der Waals surface area contributed by atoms with E-state index in [1.165, 1.54) is 18.9 Å². The number of nitrogens with zero attached hydrogens (tertiary/aromatic N) is 1. The third-order valence-electron chi connectivity index (χ3n) is 6.75. The van der Waals surface area contributed by atoms with Gasteiger partial charge in [-0.25, -0.2) is 0 Å². The van der Waals surface area contributed by atoms with Crippen molar-refractivity contribution in [1.82, 2.24) is 15.5 Å². The van der Waals surface area contributed by atoms with E-state index in [2.05, 4.69) is 36.6 Å². The summed E-state index contributed by atoms with van der Waals surface area (Å²) in [4.78, 5) is 27.9. The molecule has 0 spiro atoms. The summed E-state index contributed by atoms with van der Waals surface area (Å²) >= 11 is 0. The molecule has 0 saturated heterocycles. The second-order valence-corrected chi connectivity index (χ2v) is 9.45. The van der Waals surface area contributed by atoms with E-state index in [0.29, 0.717) is 30.9 Å². The van der Waals surface area contributed by atoms with Gasteiger partial charge in [-0.1, -0.05) is 52.4 Å². The van der Waals surface area contributed by atoms with Crippen molar-refractivity contribution in [3.05, 3.63) is 23.8 Å². The first kappa shape index (κ1) is 30.0. The Labute approximate surface area is 211 Å². The Morgan fingerprint density at radius 2 is 1.82 bits per heavy atom. The van der Waals surface area contributed by atoms with Gasteiger partial charge in [0.2, 0.25) is 5.91 Å². The predicted molar refractivity (Wildman–Crippen MR) is 139 cm³/mol. The molecule has 8 heteroatoms. The van der Waals surface area contributed by atoms with Gasteiger partial charge in [0.1, 0.15) is 6.04 Å². The van der Waals surface area contributed by atoms with Crippen molar-refractivity contribution >= 4 is 24.2 Å². The summed E-state index contributed by atoms with van der Waals surface area (Å²) in [7, 11) is 4.13. The first-order chi connectivity index (χ1) is 15.8. The van der Waals surface area contributed by atoms with Crippen molar-refractivity contribution in [3.63, 3.8) is 0 Å². The minimum absolute atomic E-state index is 0. The SMILES string of the molecule is CCCCCCOc1ccc(C(=O)NC(CCC)C(=O)NCC2(N(C)C)CCCC2)cc1O.Cl. The Morgan fingerprint density at radius 1 is 1.12 bits per heavy atom. The van der Waals surface area contributed by atoms with Crippen LogP contribution >= 0.6 is 12.4 Å². The highest BCUT2D eigenvalue weighted by molar-refractivity contribution is 5.98. The van der Waals surface area contributed by atoms with Crippen LogP contribution in [-0.2, 0) is 4.79 Å². The van der Waals surface area contributed by atoms with Gasteiger partial charge in [-0.05, 0) is 58.0 Å². The van der Waals surface area contributed by atoms with E-state index in [1.807, 2.05) is 6.92 Å². The summed E-state index contributed by atoms with van der Waals surface area (Å²) in [6.45, 7) is 5.26. The number of carbonyl (C=O) groups excluding carboxylic acids is 2. The van der Waals surface area contributed by atoms with Crippen molar-refractivity contribution in [3.8, 4) is 11.5 Å². The van der Waals surface area contributed by atoms with E-state index in [1.54, 1.807) is 12.1 Å². The molecule has 0 radical (unpaired) electrons. The number of rotatable bonds is 14. The van der Waals surface area contributed by atoms with Gasteiger partial charge in [0.25, 0.3) is 5.91 Å². The van der Waals surface area contributed by atoms with Gasteiger partial charge in [-0.2, -0.15) is 0 Å². The van der Waals surface area contributed by atoms with Crippen LogP contribution in [0.1, 0.15) is 88.4 Å². The number of halogens is 1. The molecule has 1 aromatic carbocycles. The maximum Gasteiger partial charge on any atom is 0.252 e. The lowest BCUT2D eigenvalue weighted by molar-refractivity contribution is -0.123. The molecular formula is C26H44ClN3O4. The van der Waals surface area contributed by atoms with Crippen LogP contribution in [0.5, 0.6) is 11.5 Å². The first-order valence-corrected chi connectivity index (χ1v) is 12.5. The number of nitrogens with one attached hydrogen (secondary N) is 2. The number of carbonyl (C=O) groups is 2. The van der Waals surface area contributed by atoms with E-state index in [4.69, 9.17) is 4.74 Å². The van der Waals surface area contributed by atoms with Crippen LogP contribution in [0.25, 0.3) is 0 Å². The van der Waals surface area contributed by atoms with Crippen molar-refractivity contribution in [1.29, 1.82) is 0 Å². The molecule has 1 saturated carbocycles. The average Bonchev–Trinajstić information content (AvgIpc) is 3.28. The van der Waals surface area contributed by atoms with Gasteiger partial charge in [0, 0.05) is 17.6 Å².